The number of benzene rings is 1. The lowest BCUT2D eigenvalue weighted by Crippen LogP contribution is -2.34. The lowest BCUT2D eigenvalue weighted by Gasteiger charge is -2.26. The third-order valence-corrected chi connectivity index (χ3v) is 5.32. The zero-order valence-corrected chi connectivity index (χ0v) is 15.7. The molecule has 3 aromatic rings. The van der Waals surface area contributed by atoms with Crippen molar-refractivity contribution < 1.29 is 4.79 Å². The molecule has 0 saturated heterocycles. The van der Waals surface area contributed by atoms with Crippen LogP contribution in [0.15, 0.2) is 60.2 Å². The number of likely N-dealkylation sites (N-methyl/N-ethyl adjacent to an activating group) is 1. The Hall–Kier alpha value is -2.08. The molecule has 2 heterocycles. The summed E-state index contributed by atoms with van der Waals surface area (Å²) in [4.78, 5) is 15.5. The first-order valence-electron chi connectivity index (χ1n) is 7.98. The Morgan fingerprint density at radius 1 is 1.20 bits per heavy atom. The van der Waals surface area contributed by atoms with E-state index < -0.39 is 0 Å². The molecule has 0 aliphatic heterocycles. The zero-order chi connectivity index (χ0) is 17.8. The molecule has 0 fully saturated rings. The Balaban J connectivity index is 1.75. The topological polar surface area (TPSA) is 37.3 Å². The molecule has 4 nitrogen and oxygen atoms in total. The van der Waals surface area contributed by atoms with Crippen LogP contribution in [-0.2, 0) is 0 Å². The summed E-state index contributed by atoms with van der Waals surface area (Å²) in [5.74, 6) is -0.0717. The van der Waals surface area contributed by atoms with Gasteiger partial charge in [0.15, 0.2) is 0 Å². The van der Waals surface area contributed by atoms with Gasteiger partial charge in [0.05, 0.1) is 11.7 Å². The van der Waals surface area contributed by atoms with Gasteiger partial charge >= 0.3 is 0 Å². The van der Waals surface area contributed by atoms with E-state index in [1.54, 1.807) is 0 Å². The highest BCUT2D eigenvalue weighted by atomic mass is 35.5. The van der Waals surface area contributed by atoms with Crippen molar-refractivity contribution in [3.8, 4) is 5.69 Å². The molecule has 0 aliphatic carbocycles. The van der Waals surface area contributed by atoms with Crippen LogP contribution in [0.25, 0.3) is 5.69 Å². The van der Waals surface area contributed by atoms with Crippen LogP contribution in [0.2, 0.25) is 5.02 Å². The predicted molar refractivity (Wildman–Crippen MR) is 104 cm³/mol. The number of hydrogen-bond donors (Lipinski definition) is 1. The molecule has 1 atom stereocenters. The molecule has 3 rings (SSSR count). The Labute approximate surface area is 156 Å². The molecule has 6 heteroatoms. The first-order chi connectivity index (χ1) is 12.1. The van der Waals surface area contributed by atoms with Gasteiger partial charge in [-0.1, -0.05) is 29.8 Å². The molecule has 25 heavy (non-hydrogen) atoms. The van der Waals surface area contributed by atoms with Crippen molar-refractivity contribution in [3.63, 3.8) is 0 Å². The summed E-state index contributed by atoms with van der Waals surface area (Å²) in [7, 11) is 3.97. The van der Waals surface area contributed by atoms with E-state index in [-0.39, 0.29) is 11.9 Å². The van der Waals surface area contributed by atoms with Crippen LogP contribution in [0.5, 0.6) is 0 Å². The van der Waals surface area contributed by atoms with Crippen molar-refractivity contribution >= 4 is 28.8 Å². The molecule has 0 aliphatic rings. The van der Waals surface area contributed by atoms with Crippen LogP contribution >= 0.6 is 22.9 Å². The minimum Gasteiger partial charge on any atom is -0.349 e. The zero-order valence-electron chi connectivity index (χ0n) is 14.1. The van der Waals surface area contributed by atoms with Crippen LogP contribution in [0.4, 0.5) is 0 Å². The van der Waals surface area contributed by atoms with Gasteiger partial charge in [-0.05, 0) is 49.3 Å². The summed E-state index contributed by atoms with van der Waals surface area (Å²) in [6, 6.07) is 13.6. The average molecular weight is 374 g/mol. The van der Waals surface area contributed by atoms with Gasteiger partial charge in [-0.25, -0.2) is 0 Å². The molecule has 0 radical (unpaired) electrons. The minimum absolute atomic E-state index is 0.00707. The summed E-state index contributed by atoms with van der Waals surface area (Å²) < 4.78 is 1.95. The fourth-order valence-corrected chi connectivity index (χ4v) is 3.82. The molecule has 1 amide bonds. The highest BCUT2D eigenvalue weighted by Crippen LogP contribution is 2.26. The van der Waals surface area contributed by atoms with Gasteiger partial charge in [-0.3, -0.25) is 4.79 Å². The Kier molecular flexibility index (Phi) is 5.58. The minimum atomic E-state index is -0.0717. The number of carbonyl (C=O) groups excluding carboxylic acids is 1. The summed E-state index contributed by atoms with van der Waals surface area (Å²) >= 11 is 7.77. The summed E-state index contributed by atoms with van der Waals surface area (Å²) in [5, 5.41) is 5.69. The number of halogens is 1. The van der Waals surface area contributed by atoms with Crippen LogP contribution in [0, 0.1) is 0 Å². The van der Waals surface area contributed by atoms with Gasteiger partial charge in [-0.15, -0.1) is 11.3 Å². The maximum absolute atomic E-state index is 12.7. The highest BCUT2D eigenvalue weighted by Gasteiger charge is 2.20. The number of rotatable bonds is 6. The molecule has 0 bridgehead atoms. The van der Waals surface area contributed by atoms with Crippen LogP contribution in [0.3, 0.4) is 0 Å². The van der Waals surface area contributed by atoms with Crippen molar-refractivity contribution in [1.29, 1.82) is 0 Å². The first kappa shape index (κ1) is 17.7. The van der Waals surface area contributed by atoms with E-state index >= 15 is 0 Å². The Morgan fingerprint density at radius 3 is 2.60 bits per heavy atom. The van der Waals surface area contributed by atoms with E-state index in [0.717, 1.165) is 11.3 Å². The van der Waals surface area contributed by atoms with Crippen LogP contribution in [-0.4, -0.2) is 36.0 Å². The maximum atomic E-state index is 12.7. The average Bonchev–Trinajstić information content (AvgIpc) is 3.27. The second-order valence-electron chi connectivity index (χ2n) is 5.94. The Bertz CT molecular complexity index is 842. The monoisotopic (exact) mass is 373 g/mol. The number of nitrogens with zero attached hydrogens (tertiary/aromatic N) is 2. The fraction of sp³-hybridized carbons (Fsp3) is 0.211. The van der Waals surface area contributed by atoms with Crippen LogP contribution in [0.1, 0.15) is 21.3 Å². The number of thiophene rings is 1. The molecular formula is C19H20ClN3OS. The van der Waals surface area contributed by atoms with Crippen LogP contribution < -0.4 is 5.32 Å². The van der Waals surface area contributed by atoms with Gasteiger partial charge in [0.2, 0.25) is 0 Å². The van der Waals surface area contributed by atoms with Crippen molar-refractivity contribution in [1.82, 2.24) is 14.8 Å². The second kappa shape index (κ2) is 7.87. The van der Waals surface area contributed by atoms with Gasteiger partial charge in [0.1, 0.15) is 4.88 Å². The van der Waals surface area contributed by atoms with E-state index in [1.165, 1.54) is 11.3 Å². The second-order valence-corrected chi connectivity index (χ2v) is 7.26. The number of aromatic nitrogens is 1. The SMILES string of the molecule is CN(C)C(CNC(=O)c1sccc1-n1cccc1)c1ccccc1Cl. The molecule has 1 N–H and O–H groups in total. The molecule has 1 aromatic carbocycles. The molecule has 1 unspecified atom stereocenters. The largest absolute Gasteiger partial charge is 0.349 e. The van der Waals surface area contributed by atoms with Crippen molar-refractivity contribution in [2.45, 2.75) is 6.04 Å². The number of amides is 1. The first-order valence-corrected chi connectivity index (χ1v) is 9.23. The van der Waals surface area contributed by atoms with E-state index in [0.29, 0.717) is 16.4 Å². The van der Waals surface area contributed by atoms with E-state index in [9.17, 15) is 4.79 Å². The van der Waals surface area contributed by atoms with Gasteiger partial charge in [0, 0.05) is 24.0 Å². The highest BCUT2D eigenvalue weighted by molar-refractivity contribution is 7.12. The summed E-state index contributed by atoms with van der Waals surface area (Å²) in [5.41, 5.74) is 1.90. The van der Waals surface area contributed by atoms with E-state index in [1.807, 2.05) is 78.9 Å². The quantitative estimate of drug-likeness (QED) is 0.702. The molecule has 2 aromatic heterocycles. The van der Waals surface area contributed by atoms with Gasteiger partial charge in [0.25, 0.3) is 5.91 Å². The summed E-state index contributed by atoms with van der Waals surface area (Å²) in [6.07, 6.45) is 3.87. The van der Waals surface area contributed by atoms with Crippen molar-refractivity contribution in [2.75, 3.05) is 20.6 Å². The lowest BCUT2D eigenvalue weighted by atomic mass is 10.1. The smallest absolute Gasteiger partial charge is 0.263 e. The predicted octanol–water partition coefficient (Wildman–Crippen LogP) is 4.22. The third kappa shape index (κ3) is 3.95. The number of hydrogen-bond acceptors (Lipinski definition) is 3. The van der Waals surface area contributed by atoms with Crippen molar-refractivity contribution in [3.05, 3.63) is 75.7 Å². The molecular weight excluding hydrogens is 354 g/mol. The van der Waals surface area contributed by atoms with E-state index in [2.05, 4.69) is 10.2 Å². The van der Waals surface area contributed by atoms with Gasteiger partial charge < -0.3 is 14.8 Å². The van der Waals surface area contributed by atoms with Crippen molar-refractivity contribution in [2.24, 2.45) is 0 Å². The molecule has 0 saturated carbocycles. The third-order valence-electron chi connectivity index (χ3n) is 4.08. The number of carbonyl (C=O) groups is 1. The standard InChI is InChI=1S/C19H20ClN3OS/c1-22(2)17(14-7-3-4-8-15(14)20)13-21-19(24)18-16(9-12-25-18)23-10-5-6-11-23/h3-12,17H,13H2,1-2H3,(H,21,24). The summed E-state index contributed by atoms with van der Waals surface area (Å²) in [6.45, 7) is 0.485. The van der Waals surface area contributed by atoms with Gasteiger partial charge in [-0.2, -0.15) is 0 Å². The lowest BCUT2D eigenvalue weighted by molar-refractivity contribution is 0.0946. The Morgan fingerprint density at radius 2 is 1.92 bits per heavy atom. The molecule has 130 valence electrons. The maximum Gasteiger partial charge on any atom is 0.263 e. The normalized spacial score (nSPS) is 12.3. The number of nitrogens with one attached hydrogen (secondary N) is 1. The van der Waals surface area contributed by atoms with E-state index in [4.69, 9.17) is 11.6 Å². The fourth-order valence-electron chi connectivity index (χ4n) is 2.76. The molecule has 0 spiro atoms.